The van der Waals surface area contributed by atoms with Crippen LogP contribution in [0.3, 0.4) is 0 Å². The number of rotatable bonds is 2. The van der Waals surface area contributed by atoms with E-state index in [1.54, 1.807) is 6.07 Å². The number of oxime groups is 1. The second-order valence-corrected chi connectivity index (χ2v) is 3.32. The summed E-state index contributed by atoms with van der Waals surface area (Å²) in [7, 11) is 1.48. The minimum atomic E-state index is -0.504. The lowest BCUT2D eigenvalue weighted by Crippen LogP contribution is -2.16. The molecule has 0 fully saturated rings. The summed E-state index contributed by atoms with van der Waals surface area (Å²) in [5.74, 6) is -0.256. The van der Waals surface area contributed by atoms with Crippen LogP contribution in [-0.4, -0.2) is 23.1 Å². The second-order valence-electron chi connectivity index (χ2n) is 3.32. The third-order valence-electron chi connectivity index (χ3n) is 2.41. The molecule has 0 aliphatic rings. The molecule has 2 rings (SSSR count). The van der Waals surface area contributed by atoms with E-state index in [0.717, 1.165) is 0 Å². The Morgan fingerprint density at radius 1 is 1.47 bits per heavy atom. The summed E-state index contributed by atoms with van der Waals surface area (Å²) in [5, 5.41) is 12.2. The highest BCUT2D eigenvalue weighted by atomic mass is 19.1. The summed E-state index contributed by atoms with van der Waals surface area (Å²) < 4.78 is 18.9. The predicted molar refractivity (Wildman–Crippen MR) is 60.8 cm³/mol. The van der Waals surface area contributed by atoms with Crippen molar-refractivity contribution in [3.63, 3.8) is 0 Å². The van der Waals surface area contributed by atoms with Crippen LogP contribution in [0.1, 0.15) is 5.69 Å². The van der Waals surface area contributed by atoms with Gasteiger partial charge in [0.2, 0.25) is 0 Å². The molecule has 88 valence electrons. The first-order valence-corrected chi connectivity index (χ1v) is 4.78. The average molecular weight is 235 g/mol. The lowest BCUT2D eigenvalue weighted by Gasteiger charge is -2.08. The van der Waals surface area contributed by atoms with E-state index in [4.69, 9.17) is 15.7 Å². The van der Waals surface area contributed by atoms with Crippen molar-refractivity contribution in [2.75, 3.05) is 7.11 Å². The molecule has 17 heavy (non-hydrogen) atoms. The SMILES string of the molecule is COc1ccc(F)c2c(C(N)=NO)nccc12. The lowest BCUT2D eigenvalue weighted by molar-refractivity contribution is 0.318. The zero-order chi connectivity index (χ0) is 12.4. The molecular formula is C11H10FN3O2. The molecular weight excluding hydrogens is 225 g/mol. The van der Waals surface area contributed by atoms with E-state index in [0.29, 0.717) is 11.1 Å². The first kappa shape index (κ1) is 11.1. The van der Waals surface area contributed by atoms with Crippen molar-refractivity contribution < 1.29 is 14.3 Å². The van der Waals surface area contributed by atoms with Gasteiger partial charge in [-0.15, -0.1) is 0 Å². The molecule has 2 aromatic rings. The van der Waals surface area contributed by atoms with Gasteiger partial charge in [-0.05, 0) is 18.2 Å². The van der Waals surface area contributed by atoms with Crippen LogP contribution in [0.25, 0.3) is 10.8 Å². The predicted octanol–water partition coefficient (Wildman–Crippen LogP) is 1.48. The van der Waals surface area contributed by atoms with Crippen molar-refractivity contribution in [1.82, 2.24) is 4.98 Å². The summed E-state index contributed by atoms with van der Waals surface area (Å²) in [6.07, 6.45) is 1.44. The third kappa shape index (κ3) is 1.73. The summed E-state index contributed by atoms with van der Waals surface area (Å²) in [6, 6.07) is 4.36. The van der Waals surface area contributed by atoms with Crippen molar-refractivity contribution >= 4 is 16.6 Å². The molecule has 0 saturated carbocycles. The van der Waals surface area contributed by atoms with Gasteiger partial charge in [-0.25, -0.2) is 4.39 Å². The molecule has 0 radical (unpaired) electrons. The van der Waals surface area contributed by atoms with Gasteiger partial charge in [0, 0.05) is 11.6 Å². The number of benzene rings is 1. The molecule has 0 aliphatic heterocycles. The fourth-order valence-electron chi connectivity index (χ4n) is 1.65. The molecule has 0 atom stereocenters. The Morgan fingerprint density at radius 2 is 2.24 bits per heavy atom. The molecule has 5 nitrogen and oxygen atoms in total. The first-order chi connectivity index (χ1) is 8.19. The fourth-order valence-corrected chi connectivity index (χ4v) is 1.65. The van der Waals surface area contributed by atoms with Crippen molar-refractivity contribution in [2.45, 2.75) is 0 Å². The Balaban J connectivity index is 2.88. The van der Waals surface area contributed by atoms with Crippen LogP contribution in [0.5, 0.6) is 5.75 Å². The Kier molecular flexibility index (Phi) is 2.78. The molecule has 1 heterocycles. The van der Waals surface area contributed by atoms with Gasteiger partial charge in [-0.1, -0.05) is 5.16 Å². The maximum absolute atomic E-state index is 13.8. The van der Waals surface area contributed by atoms with E-state index in [9.17, 15) is 4.39 Å². The fraction of sp³-hybridized carbons (Fsp3) is 0.0909. The Labute approximate surface area is 96.3 Å². The summed E-state index contributed by atoms with van der Waals surface area (Å²) in [4.78, 5) is 3.90. The number of ether oxygens (including phenoxy) is 1. The first-order valence-electron chi connectivity index (χ1n) is 4.78. The zero-order valence-corrected chi connectivity index (χ0v) is 9.01. The number of nitrogens with zero attached hydrogens (tertiary/aromatic N) is 2. The van der Waals surface area contributed by atoms with Crippen molar-refractivity contribution in [3.05, 3.63) is 35.9 Å². The highest BCUT2D eigenvalue weighted by molar-refractivity contribution is 6.08. The topological polar surface area (TPSA) is 80.7 Å². The Morgan fingerprint density at radius 3 is 2.88 bits per heavy atom. The number of methoxy groups -OCH3 is 1. The number of halogens is 1. The van der Waals surface area contributed by atoms with Crippen LogP contribution in [-0.2, 0) is 0 Å². The number of fused-ring (bicyclic) bond motifs is 1. The molecule has 0 amide bonds. The quantitative estimate of drug-likeness (QED) is 0.357. The van der Waals surface area contributed by atoms with Gasteiger partial charge < -0.3 is 15.7 Å². The summed E-state index contributed by atoms with van der Waals surface area (Å²) >= 11 is 0. The van der Waals surface area contributed by atoms with E-state index < -0.39 is 5.82 Å². The highest BCUT2D eigenvalue weighted by Gasteiger charge is 2.14. The molecule has 0 bridgehead atoms. The minimum absolute atomic E-state index is 0.0846. The standard InChI is InChI=1S/C11H10FN3O2/c1-17-8-3-2-7(12)9-6(8)4-5-14-10(9)11(13)15-16/h2-5,16H,1H3,(H2,13,15). The van der Waals surface area contributed by atoms with Crippen LogP contribution in [0, 0.1) is 5.82 Å². The Bertz CT molecular complexity index is 599. The Hall–Kier alpha value is -2.37. The van der Waals surface area contributed by atoms with Gasteiger partial charge in [0.15, 0.2) is 5.84 Å². The van der Waals surface area contributed by atoms with Gasteiger partial charge in [-0.3, -0.25) is 4.98 Å². The third-order valence-corrected chi connectivity index (χ3v) is 2.41. The molecule has 3 N–H and O–H groups in total. The molecule has 0 unspecified atom stereocenters. The smallest absolute Gasteiger partial charge is 0.189 e. The number of hydrogen-bond donors (Lipinski definition) is 2. The molecule has 1 aromatic heterocycles. The van der Waals surface area contributed by atoms with Gasteiger partial charge in [0.05, 0.1) is 12.5 Å². The minimum Gasteiger partial charge on any atom is -0.496 e. The van der Waals surface area contributed by atoms with Gasteiger partial charge in [0.25, 0.3) is 0 Å². The van der Waals surface area contributed by atoms with Crippen LogP contribution in [0.2, 0.25) is 0 Å². The van der Waals surface area contributed by atoms with Crippen molar-refractivity contribution in [3.8, 4) is 5.75 Å². The van der Waals surface area contributed by atoms with Gasteiger partial charge in [-0.2, -0.15) is 0 Å². The largest absolute Gasteiger partial charge is 0.496 e. The van der Waals surface area contributed by atoms with Crippen molar-refractivity contribution in [1.29, 1.82) is 0 Å². The monoisotopic (exact) mass is 235 g/mol. The van der Waals surface area contributed by atoms with E-state index in [-0.39, 0.29) is 16.9 Å². The molecule has 1 aromatic carbocycles. The van der Waals surface area contributed by atoms with E-state index >= 15 is 0 Å². The number of amidine groups is 1. The van der Waals surface area contributed by atoms with Crippen LogP contribution in [0.4, 0.5) is 4.39 Å². The lowest BCUT2D eigenvalue weighted by atomic mass is 10.1. The molecule has 6 heteroatoms. The summed E-state index contributed by atoms with van der Waals surface area (Å²) in [6.45, 7) is 0. The number of nitrogens with two attached hydrogens (primary N) is 1. The maximum Gasteiger partial charge on any atom is 0.189 e. The maximum atomic E-state index is 13.8. The second kappa shape index (κ2) is 4.25. The molecule has 0 aliphatic carbocycles. The van der Waals surface area contributed by atoms with E-state index in [1.165, 1.54) is 25.4 Å². The molecule has 0 spiro atoms. The number of aromatic nitrogens is 1. The average Bonchev–Trinajstić information content (AvgIpc) is 2.38. The number of pyridine rings is 1. The number of hydrogen-bond acceptors (Lipinski definition) is 4. The van der Waals surface area contributed by atoms with E-state index in [1.807, 2.05) is 0 Å². The zero-order valence-electron chi connectivity index (χ0n) is 9.01. The van der Waals surface area contributed by atoms with Crippen LogP contribution >= 0.6 is 0 Å². The van der Waals surface area contributed by atoms with Crippen LogP contribution < -0.4 is 10.5 Å². The van der Waals surface area contributed by atoms with Gasteiger partial charge in [0.1, 0.15) is 17.3 Å². The van der Waals surface area contributed by atoms with Crippen molar-refractivity contribution in [2.24, 2.45) is 10.9 Å². The molecule has 0 saturated heterocycles. The normalized spacial score (nSPS) is 11.8. The van der Waals surface area contributed by atoms with Crippen LogP contribution in [0.15, 0.2) is 29.6 Å². The van der Waals surface area contributed by atoms with E-state index in [2.05, 4.69) is 10.1 Å². The van der Waals surface area contributed by atoms with Gasteiger partial charge >= 0.3 is 0 Å². The highest BCUT2D eigenvalue weighted by Crippen LogP contribution is 2.29. The summed E-state index contributed by atoms with van der Waals surface area (Å²) in [5.41, 5.74) is 5.54.